The normalized spacial score (nSPS) is 20.7. The van der Waals surface area contributed by atoms with Crippen LogP contribution in [0.1, 0.15) is 40.5 Å². The molecule has 3 nitrogen and oxygen atoms in total. The molecular formula is C11H23N3. The third-order valence-corrected chi connectivity index (χ3v) is 2.48. The lowest BCUT2D eigenvalue weighted by Crippen LogP contribution is -2.45. The fourth-order valence-corrected chi connectivity index (χ4v) is 1.48. The Labute approximate surface area is 87.2 Å². The highest BCUT2D eigenvalue weighted by molar-refractivity contribution is 5.78. The SMILES string of the molecule is CC(CN=C(N)NC(C)(C)C)C1CC1. The predicted octanol–water partition coefficient (Wildman–Crippen LogP) is 1.74. The molecule has 0 aliphatic heterocycles. The first-order chi connectivity index (χ1) is 6.38. The van der Waals surface area contributed by atoms with E-state index in [2.05, 4.69) is 38.0 Å². The summed E-state index contributed by atoms with van der Waals surface area (Å²) in [6.45, 7) is 9.37. The largest absolute Gasteiger partial charge is 0.370 e. The number of hydrogen-bond donors (Lipinski definition) is 2. The van der Waals surface area contributed by atoms with Crippen molar-refractivity contribution in [1.29, 1.82) is 0 Å². The Morgan fingerprint density at radius 3 is 2.50 bits per heavy atom. The van der Waals surface area contributed by atoms with E-state index >= 15 is 0 Å². The zero-order chi connectivity index (χ0) is 10.8. The lowest BCUT2D eigenvalue weighted by Gasteiger charge is -2.21. The summed E-state index contributed by atoms with van der Waals surface area (Å²) in [5.74, 6) is 2.17. The van der Waals surface area contributed by atoms with Gasteiger partial charge in [0, 0.05) is 12.1 Å². The molecule has 0 saturated heterocycles. The summed E-state index contributed by atoms with van der Waals surface area (Å²) >= 11 is 0. The van der Waals surface area contributed by atoms with Gasteiger partial charge in [-0.25, -0.2) is 0 Å². The highest BCUT2D eigenvalue weighted by atomic mass is 15.1. The molecule has 1 saturated carbocycles. The van der Waals surface area contributed by atoms with Crippen LogP contribution in [0.2, 0.25) is 0 Å². The molecule has 1 unspecified atom stereocenters. The standard InChI is InChI=1S/C11H23N3/c1-8(9-5-6-9)7-13-10(12)14-11(2,3)4/h8-9H,5-7H2,1-4H3,(H3,12,13,14). The number of nitrogens with zero attached hydrogens (tertiary/aromatic N) is 1. The van der Waals surface area contributed by atoms with E-state index in [0.29, 0.717) is 11.9 Å². The Bertz CT molecular complexity index is 211. The van der Waals surface area contributed by atoms with Crippen LogP contribution in [0.25, 0.3) is 0 Å². The first kappa shape index (κ1) is 11.3. The summed E-state index contributed by atoms with van der Waals surface area (Å²) in [5.41, 5.74) is 5.78. The van der Waals surface area contributed by atoms with Crippen LogP contribution in [0.15, 0.2) is 4.99 Å². The van der Waals surface area contributed by atoms with Crippen molar-refractivity contribution in [3.8, 4) is 0 Å². The second-order valence-corrected chi connectivity index (χ2v) is 5.42. The minimum Gasteiger partial charge on any atom is -0.370 e. The van der Waals surface area contributed by atoms with E-state index in [-0.39, 0.29) is 5.54 Å². The van der Waals surface area contributed by atoms with Crippen LogP contribution in [0, 0.1) is 11.8 Å². The third kappa shape index (κ3) is 4.49. The summed E-state index contributed by atoms with van der Waals surface area (Å²) < 4.78 is 0. The topological polar surface area (TPSA) is 50.4 Å². The summed E-state index contributed by atoms with van der Waals surface area (Å²) in [5, 5.41) is 3.16. The molecule has 0 bridgehead atoms. The molecule has 14 heavy (non-hydrogen) atoms. The number of aliphatic imine (C=N–C) groups is 1. The van der Waals surface area contributed by atoms with Crippen molar-refractivity contribution < 1.29 is 0 Å². The van der Waals surface area contributed by atoms with E-state index < -0.39 is 0 Å². The van der Waals surface area contributed by atoms with Crippen molar-refractivity contribution in [2.75, 3.05) is 6.54 Å². The number of rotatable bonds is 3. The summed E-state index contributed by atoms with van der Waals surface area (Å²) in [4.78, 5) is 4.35. The second kappa shape index (κ2) is 4.20. The van der Waals surface area contributed by atoms with Crippen LogP contribution in [-0.4, -0.2) is 18.0 Å². The van der Waals surface area contributed by atoms with Gasteiger partial charge in [0.2, 0.25) is 0 Å². The van der Waals surface area contributed by atoms with Gasteiger partial charge in [0.05, 0.1) is 0 Å². The molecule has 0 aromatic carbocycles. The molecule has 3 N–H and O–H groups in total. The highest BCUT2D eigenvalue weighted by Crippen LogP contribution is 2.36. The van der Waals surface area contributed by atoms with Gasteiger partial charge in [-0.15, -0.1) is 0 Å². The predicted molar refractivity (Wildman–Crippen MR) is 61.3 cm³/mol. The first-order valence-corrected chi connectivity index (χ1v) is 5.46. The smallest absolute Gasteiger partial charge is 0.188 e. The van der Waals surface area contributed by atoms with Crippen LogP contribution in [0.5, 0.6) is 0 Å². The zero-order valence-corrected chi connectivity index (χ0v) is 9.80. The summed E-state index contributed by atoms with van der Waals surface area (Å²) in [7, 11) is 0. The number of nitrogens with two attached hydrogens (primary N) is 1. The average Bonchev–Trinajstić information content (AvgIpc) is 2.78. The molecule has 0 heterocycles. The van der Waals surface area contributed by atoms with Gasteiger partial charge < -0.3 is 11.1 Å². The first-order valence-electron chi connectivity index (χ1n) is 5.46. The van der Waals surface area contributed by atoms with Gasteiger partial charge in [0.15, 0.2) is 5.96 Å². The van der Waals surface area contributed by atoms with Gasteiger partial charge in [0.1, 0.15) is 0 Å². The van der Waals surface area contributed by atoms with Crippen LogP contribution < -0.4 is 11.1 Å². The maximum atomic E-state index is 5.77. The van der Waals surface area contributed by atoms with Crippen molar-refractivity contribution in [3.05, 3.63) is 0 Å². The van der Waals surface area contributed by atoms with Crippen molar-refractivity contribution >= 4 is 5.96 Å². The molecule has 1 aliphatic carbocycles. The van der Waals surface area contributed by atoms with Gasteiger partial charge in [-0.1, -0.05) is 6.92 Å². The molecular weight excluding hydrogens is 174 g/mol. The molecule has 0 amide bonds. The van der Waals surface area contributed by atoms with Gasteiger partial charge in [0.25, 0.3) is 0 Å². The molecule has 0 aromatic rings. The molecule has 1 rings (SSSR count). The van der Waals surface area contributed by atoms with Crippen LogP contribution >= 0.6 is 0 Å². The maximum Gasteiger partial charge on any atom is 0.188 e. The fraction of sp³-hybridized carbons (Fsp3) is 0.909. The van der Waals surface area contributed by atoms with Gasteiger partial charge in [-0.2, -0.15) is 0 Å². The number of hydrogen-bond acceptors (Lipinski definition) is 1. The van der Waals surface area contributed by atoms with Gasteiger partial charge >= 0.3 is 0 Å². The Morgan fingerprint density at radius 2 is 2.07 bits per heavy atom. The lowest BCUT2D eigenvalue weighted by molar-refractivity contribution is 0.497. The molecule has 1 atom stereocenters. The molecule has 82 valence electrons. The fourth-order valence-electron chi connectivity index (χ4n) is 1.48. The van der Waals surface area contributed by atoms with Crippen molar-refractivity contribution in [3.63, 3.8) is 0 Å². The Morgan fingerprint density at radius 1 is 1.50 bits per heavy atom. The lowest BCUT2D eigenvalue weighted by atomic mass is 10.1. The Hall–Kier alpha value is -0.730. The van der Waals surface area contributed by atoms with E-state index in [4.69, 9.17) is 5.73 Å². The van der Waals surface area contributed by atoms with E-state index in [0.717, 1.165) is 12.5 Å². The Kier molecular flexibility index (Phi) is 3.40. The van der Waals surface area contributed by atoms with Gasteiger partial charge in [-0.3, -0.25) is 4.99 Å². The third-order valence-electron chi connectivity index (χ3n) is 2.48. The molecule has 1 aliphatic rings. The highest BCUT2D eigenvalue weighted by Gasteiger charge is 2.27. The van der Waals surface area contributed by atoms with Crippen molar-refractivity contribution in [1.82, 2.24) is 5.32 Å². The summed E-state index contributed by atoms with van der Waals surface area (Å²) in [6.07, 6.45) is 2.76. The maximum absolute atomic E-state index is 5.77. The Balaban J connectivity index is 2.28. The zero-order valence-electron chi connectivity index (χ0n) is 9.80. The van der Waals surface area contributed by atoms with Crippen LogP contribution in [0.3, 0.4) is 0 Å². The summed E-state index contributed by atoms with van der Waals surface area (Å²) in [6, 6.07) is 0. The molecule has 0 spiro atoms. The monoisotopic (exact) mass is 197 g/mol. The van der Waals surface area contributed by atoms with E-state index in [1.807, 2.05) is 0 Å². The molecule has 0 aromatic heterocycles. The minimum absolute atomic E-state index is 0.0103. The number of nitrogens with one attached hydrogen (secondary N) is 1. The van der Waals surface area contributed by atoms with Crippen molar-refractivity contribution in [2.45, 2.75) is 46.1 Å². The van der Waals surface area contributed by atoms with Crippen LogP contribution in [-0.2, 0) is 0 Å². The van der Waals surface area contributed by atoms with E-state index in [1.54, 1.807) is 0 Å². The van der Waals surface area contributed by atoms with E-state index in [1.165, 1.54) is 12.8 Å². The molecule has 1 fully saturated rings. The van der Waals surface area contributed by atoms with Gasteiger partial charge in [-0.05, 0) is 45.4 Å². The minimum atomic E-state index is 0.0103. The van der Waals surface area contributed by atoms with E-state index in [9.17, 15) is 0 Å². The second-order valence-electron chi connectivity index (χ2n) is 5.42. The van der Waals surface area contributed by atoms with Crippen LogP contribution in [0.4, 0.5) is 0 Å². The average molecular weight is 197 g/mol. The quantitative estimate of drug-likeness (QED) is 0.535. The number of guanidine groups is 1. The molecule has 3 heteroatoms. The van der Waals surface area contributed by atoms with Crippen molar-refractivity contribution in [2.24, 2.45) is 22.6 Å². The molecule has 0 radical (unpaired) electrons.